The second kappa shape index (κ2) is 5.94. The van der Waals surface area contributed by atoms with E-state index < -0.39 is 0 Å². The molecule has 1 aliphatic rings. The van der Waals surface area contributed by atoms with Crippen LogP contribution in [0.2, 0.25) is 0 Å². The van der Waals surface area contributed by atoms with E-state index in [9.17, 15) is 0 Å². The Morgan fingerprint density at radius 3 is 3.12 bits per heavy atom. The molecule has 0 radical (unpaired) electrons. The van der Waals surface area contributed by atoms with E-state index in [1.807, 2.05) is 11.3 Å². The number of likely N-dealkylation sites (N-methyl/N-ethyl adjacent to an activating group) is 1. The number of hydrogen-bond donors (Lipinski definition) is 1. The van der Waals surface area contributed by atoms with Gasteiger partial charge in [0.2, 0.25) is 0 Å². The topological polar surface area (TPSA) is 28.2 Å². The third-order valence-electron chi connectivity index (χ3n) is 3.27. The van der Waals surface area contributed by atoms with Gasteiger partial charge in [-0.15, -0.1) is 11.3 Å². The molecule has 0 aliphatic carbocycles. The minimum Gasteiger partial charge on any atom is -0.314 e. The van der Waals surface area contributed by atoms with Gasteiger partial charge in [-0.05, 0) is 19.4 Å². The van der Waals surface area contributed by atoms with E-state index in [1.165, 1.54) is 10.7 Å². The van der Waals surface area contributed by atoms with Crippen LogP contribution in [0.3, 0.4) is 0 Å². The summed E-state index contributed by atoms with van der Waals surface area (Å²) >= 11 is 1.82. The standard InChI is InChI=1S/C13H23N3S/c1-10(2)6-11-9-17-13(15-11)7-12-8-14-4-5-16(12)3/h9-10,12,14H,4-8H2,1-3H3. The van der Waals surface area contributed by atoms with Gasteiger partial charge in [-0.25, -0.2) is 4.98 Å². The summed E-state index contributed by atoms with van der Waals surface area (Å²) < 4.78 is 0. The first-order valence-corrected chi connectivity index (χ1v) is 7.37. The van der Waals surface area contributed by atoms with Crippen molar-refractivity contribution >= 4 is 11.3 Å². The van der Waals surface area contributed by atoms with Crippen molar-refractivity contribution in [2.45, 2.75) is 32.7 Å². The number of nitrogens with zero attached hydrogens (tertiary/aromatic N) is 2. The maximum absolute atomic E-state index is 4.74. The van der Waals surface area contributed by atoms with Gasteiger partial charge in [0.15, 0.2) is 0 Å². The lowest BCUT2D eigenvalue weighted by Gasteiger charge is -2.32. The molecule has 0 bridgehead atoms. The molecule has 0 saturated carbocycles. The lowest BCUT2D eigenvalue weighted by Crippen LogP contribution is -2.50. The van der Waals surface area contributed by atoms with Crippen LogP contribution < -0.4 is 5.32 Å². The number of piperazine rings is 1. The normalized spacial score (nSPS) is 22.2. The highest BCUT2D eigenvalue weighted by Crippen LogP contribution is 2.16. The summed E-state index contributed by atoms with van der Waals surface area (Å²) in [7, 11) is 2.22. The Bertz CT molecular complexity index is 348. The molecule has 2 rings (SSSR count). The molecule has 17 heavy (non-hydrogen) atoms. The highest BCUT2D eigenvalue weighted by atomic mass is 32.1. The van der Waals surface area contributed by atoms with Crippen LogP contribution in [0.1, 0.15) is 24.5 Å². The third-order valence-corrected chi connectivity index (χ3v) is 4.19. The van der Waals surface area contributed by atoms with Crippen LogP contribution >= 0.6 is 11.3 Å². The van der Waals surface area contributed by atoms with Gasteiger partial charge in [-0.2, -0.15) is 0 Å². The molecule has 1 unspecified atom stereocenters. The monoisotopic (exact) mass is 253 g/mol. The zero-order chi connectivity index (χ0) is 12.3. The van der Waals surface area contributed by atoms with Gasteiger partial charge in [0, 0.05) is 37.5 Å². The van der Waals surface area contributed by atoms with E-state index in [0.717, 1.165) is 32.5 Å². The Morgan fingerprint density at radius 2 is 2.41 bits per heavy atom. The van der Waals surface area contributed by atoms with Gasteiger partial charge in [0.1, 0.15) is 0 Å². The third kappa shape index (κ3) is 3.76. The molecule has 96 valence electrons. The van der Waals surface area contributed by atoms with E-state index >= 15 is 0 Å². The fraction of sp³-hybridized carbons (Fsp3) is 0.769. The van der Waals surface area contributed by atoms with Crippen LogP contribution in [0.25, 0.3) is 0 Å². The zero-order valence-corrected chi connectivity index (χ0v) is 11.9. The van der Waals surface area contributed by atoms with Crippen LogP contribution in [0.4, 0.5) is 0 Å². The average Bonchev–Trinajstić information content (AvgIpc) is 2.68. The van der Waals surface area contributed by atoms with Crippen LogP contribution in [-0.4, -0.2) is 42.6 Å². The van der Waals surface area contributed by atoms with Crippen LogP contribution in [0, 0.1) is 5.92 Å². The van der Waals surface area contributed by atoms with E-state index in [-0.39, 0.29) is 0 Å². The Hall–Kier alpha value is -0.450. The molecule has 1 fully saturated rings. The highest BCUT2D eigenvalue weighted by Gasteiger charge is 2.20. The SMILES string of the molecule is CC(C)Cc1csc(CC2CNCCN2C)n1. The Kier molecular flexibility index (Phi) is 4.54. The minimum atomic E-state index is 0.613. The van der Waals surface area contributed by atoms with E-state index in [1.54, 1.807) is 0 Å². The molecular formula is C13H23N3S. The predicted molar refractivity (Wildman–Crippen MR) is 73.6 cm³/mol. The molecule has 2 heterocycles. The largest absolute Gasteiger partial charge is 0.314 e. The van der Waals surface area contributed by atoms with Gasteiger partial charge in [-0.1, -0.05) is 13.8 Å². The number of thiazole rings is 1. The number of nitrogens with one attached hydrogen (secondary N) is 1. The average molecular weight is 253 g/mol. The lowest BCUT2D eigenvalue weighted by atomic mass is 10.1. The molecule has 1 aromatic rings. The first-order valence-electron chi connectivity index (χ1n) is 6.49. The van der Waals surface area contributed by atoms with Crippen LogP contribution in [0.15, 0.2) is 5.38 Å². The summed E-state index contributed by atoms with van der Waals surface area (Å²) in [6.45, 7) is 7.85. The molecule has 0 aromatic carbocycles. The van der Waals surface area contributed by atoms with Crippen molar-refractivity contribution in [1.82, 2.24) is 15.2 Å². The highest BCUT2D eigenvalue weighted by molar-refractivity contribution is 7.09. The molecule has 3 nitrogen and oxygen atoms in total. The second-order valence-corrected chi connectivity index (χ2v) is 6.32. The predicted octanol–water partition coefficient (Wildman–Crippen LogP) is 1.79. The fourth-order valence-corrected chi connectivity index (χ4v) is 3.13. The first-order chi connectivity index (χ1) is 8.15. The summed E-state index contributed by atoms with van der Waals surface area (Å²) in [4.78, 5) is 7.19. The summed E-state index contributed by atoms with van der Waals surface area (Å²) in [6, 6.07) is 0.613. The van der Waals surface area contributed by atoms with Gasteiger partial charge < -0.3 is 10.2 Å². The summed E-state index contributed by atoms with van der Waals surface area (Å²) in [5.41, 5.74) is 1.27. The van der Waals surface area contributed by atoms with E-state index in [2.05, 4.69) is 36.5 Å². The van der Waals surface area contributed by atoms with Crippen molar-refractivity contribution in [2.75, 3.05) is 26.7 Å². The number of rotatable bonds is 4. The molecule has 1 saturated heterocycles. The molecule has 0 amide bonds. The second-order valence-electron chi connectivity index (χ2n) is 5.37. The molecular weight excluding hydrogens is 230 g/mol. The molecule has 0 spiro atoms. The Morgan fingerprint density at radius 1 is 1.59 bits per heavy atom. The first kappa shape index (κ1) is 13.0. The fourth-order valence-electron chi connectivity index (χ4n) is 2.25. The van der Waals surface area contributed by atoms with Crippen LogP contribution in [0.5, 0.6) is 0 Å². The van der Waals surface area contributed by atoms with Crippen molar-refractivity contribution in [3.63, 3.8) is 0 Å². The number of aromatic nitrogens is 1. The Balaban J connectivity index is 1.91. The molecule has 1 aliphatic heterocycles. The smallest absolute Gasteiger partial charge is 0.0944 e. The van der Waals surface area contributed by atoms with Crippen molar-refractivity contribution < 1.29 is 0 Å². The van der Waals surface area contributed by atoms with Crippen molar-refractivity contribution in [1.29, 1.82) is 0 Å². The van der Waals surface area contributed by atoms with Crippen molar-refractivity contribution in [3.05, 3.63) is 16.1 Å². The van der Waals surface area contributed by atoms with Gasteiger partial charge in [0.05, 0.1) is 10.7 Å². The minimum absolute atomic E-state index is 0.613. The lowest BCUT2D eigenvalue weighted by molar-refractivity contribution is 0.199. The van der Waals surface area contributed by atoms with Crippen LogP contribution in [-0.2, 0) is 12.8 Å². The van der Waals surface area contributed by atoms with Gasteiger partial charge in [-0.3, -0.25) is 0 Å². The van der Waals surface area contributed by atoms with E-state index in [0.29, 0.717) is 12.0 Å². The maximum atomic E-state index is 4.74. The molecule has 1 aromatic heterocycles. The van der Waals surface area contributed by atoms with Crippen molar-refractivity contribution in [3.8, 4) is 0 Å². The molecule has 4 heteroatoms. The zero-order valence-electron chi connectivity index (χ0n) is 11.1. The quantitative estimate of drug-likeness (QED) is 0.887. The van der Waals surface area contributed by atoms with Gasteiger partial charge in [0.25, 0.3) is 0 Å². The Labute approximate surface area is 108 Å². The van der Waals surface area contributed by atoms with E-state index in [4.69, 9.17) is 4.98 Å². The molecule has 1 N–H and O–H groups in total. The number of hydrogen-bond acceptors (Lipinski definition) is 4. The summed E-state index contributed by atoms with van der Waals surface area (Å²) in [5.74, 6) is 0.698. The molecule has 1 atom stereocenters. The maximum Gasteiger partial charge on any atom is 0.0944 e. The van der Waals surface area contributed by atoms with Crippen molar-refractivity contribution in [2.24, 2.45) is 5.92 Å². The summed E-state index contributed by atoms with van der Waals surface area (Å²) in [6.07, 6.45) is 2.20. The van der Waals surface area contributed by atoms with Gasteiger partial charge >= 0.3 is 0 Å². The summed E-state index contributed by atoms with van der Waals surface area (Å²) in [5, 5.41) is 6.98.